The number of piperazine rings is 1. The van der Waals surface area contributed by atoms with Crippen molar-refractivity contribution in [1.82, 2.24) is 10.2 Å². The third-order valence-corrected chi connectivity index (χ3v) is 5.35. The van der Waals surface area contributed by atoms with Crippen LogP contribution in [0.5, 0.6) is 0 Å². The summed E-state index contributed by atoms with van der Waals surface area (Å²) in [6, 6.07) is 10.4. The van der Waals surface area contributed by atoms with Gasteiger partial charge in [0.1, 0.15) is 0 Å². The van der Waals surface area contributed by atoms with Crippen LogP contribution >= 0.6 is 0 Å². The summed E-state index contributed by atoms with van der Waals surface area (Å²) >= 11 is 0. The van der Waals surface area contributed by atoms with Crippen molar-refractivity contribution < 1.29 is 0 Å². The molecule has 116 valence electrons. The Balaban J connectivity index is 1.56. The van der Waals surface area contributed by atoms with Gasteiger partial charge in [0.25, 0.3) is 0 Å². The molecule has 1 saturated carbocycles. The maximum Gasteiger partial charge on any atom is 0.0367 e. The van der Waals surface area contributed by atoms with Crippen LogP contribution in [0.25, 0.3) is 0 Å². The fourth-order valence-electron chi connectivity index (χ4n) is 3.76. The molecule has 2 aliphatic rings. The van der Waals surface area contributed by atoms with Gasteiger partial charge in [0.2, 0.25) is 0 Å². The predicted molar refractivity (Wildman–Crippen MR) is 90.0 cm³/mol. The first-order chi connectivity index (χ1) is 10.3. The summed E-state index contributed by atoms with van der Waals surface area (Å²) in [5.41, 5.74) is 2.75. The van der Waals surface area contributed by atoms with Gasteiger partial charge >= 0.3 is 0 Å². The molecule has 1 heterocycles. The quantitative estimate of drug-likeness (QED) is 0.918. The van der Waals surface area contributed by atoms with Gasteiger partial charge in [0.05, 0.1) is 0 Å². The van der Waals surface area contributed by atoms with E-state index in [1.807, 2.05) is 7.05 Å². The van der Waals surface area contributed by atoms with Crippen LogP contribution in [0.1, 0.15) is 44.2 Å². The smallest absolute Gasteiger partial charge is 0.0367 e. The van der Waals surface area contributed by atoms with Crippen LogP contribution in [0.4, 0.5) is 5.69 Å². The number of anilines is 1. The van der Waals surface area contributed by atoms with Gasteiger partial charge in [0, 0.05) is 44.0 Å². The molecule has 1 saturated heterocycles. The third-order valence-electron chi connectivity index (χ3n) is 5.35. The van der Waals surface area contributed by atoms with E-state index in [2.05, 4.69) is 46.3 Å². The largest absolute Gasteiger partial charge is 0.369 e. The molecule has 0 spiro atoms. The minimum atomic E-state index is 0.429. The molecule has 21 heavy (non-hydrogen) atoms. The zero-order valence-corrected chi connectivity index (χ0v) is 13.5. The molecule has 0 radical (unpaired) electrons. The lowest BCUT2D eigenvalue weighted by Gasteiger charge is -2.39. The van der Waals surface area contributed by atoms with Crippen molar-refractivity contribution in [2.45, 2.75) is 44.7 Å². The lowest BCUT2D eigenvalue weighted by Crippen LogP contribution is -2.49. The minimum absolute atomic E-state index is 0.429. The van der Waals surface area contributed by atoms with Crippen LogP contribution in [0.2, 0.25) is 0 Å². The Kier molecular flexibility index (Phi) is 4.81. The Morgan fingerprint density at radius 3 is 2.19 bits per heavy atom. The van der Waals surface area contributed by atoms with Crippen molar-refractivity contribution in [3.05, 3.63) is 29.8 Å². The van der Waals surface area contributed by atoms with Gasteiger partial charge in [-0.2, -0.15) is 0 Å². The monoisotopic (exact) mass is 287 g/mol. The number of nitrogens with one attached hydrogen (secondary N) is 1. The van der Waals surface area contributed by atoms with Gasteiger partial charge in [-0.05, 0) is 44.5 Å². The van der Waals surface area contributed by atoms with E-state index in [1.54, 1.807) is 0 Å². The summed E-state index contributed by atoms with van der Waals surface area (Å²) in [6.07, 6.45) is 5.74. The van der Waals surface area contributed by atoms with Crippen molar-refractivity contribution in [3.63, 3.8) is 0 Å². The molecule has 2 fully saturated rings. The van der Waals surface area contributed by atoms with Gasteiger partial charge in [-0.3, -0.25) is 4.90 Å². The summed E-state index contributed by atoms with van der Waals surface area (Å²) in [7, 11) is 2.01. The fourth-order valence-corrected chi connectivity index (χ4v) is 3.76. The zero-order valence-electron chi connectivity index (χ0n) is 13.5. The van der Waals surface area contributed by atoms with E-state index in [9.17, 15) is 0 Å². The number of rotatable bonds is 4. The fraction of sp³-hybridized carbons (Fsp3) is 0.667. The molecule has 1 unspecified atom stereocenters. The highest BCUT2D eigenvalue weighted by Crippen LogP contribution is 2.26. The SMILES string of the molecule is CNC(C)c1ccc(N2CCN(C3CCCC3)CC2)cc1. The molecule has 1 atom stereocenters. The third kappa shape index (κ3) is 3.41. The van der Waals surface area contributed by atoms with Crippen LogP contribution in [0, 0.1) is 0 Å². The summed E-state index contributed by atoms with van der Waals surface area (Å²) in [5.74, 6) is 0. The van der Waals surface area contributed by atoms with E-state index in [1.165, 1.54) is 63.1 Å². The molecule has 1 aliphatic heterocycles. The van der Waals surface area contributed by atoms with E-state index in [4.69, 9.17) is 0 Å². The van der Waals surface area contributed by atoms with E-state index in [-0.39, 0.29) is 0 Å². The standard InChI is InChI=1S/C18H29N3/c1-15(19-2)16-7-9-18(10-8-16)21-13-11-20(12-14-21)17-5-3-4-6-17/h7-10,15,17,19H,3-6,11-14H2,1-2H3. The molecular formula is C18H29N3. The summed E-state index contributed by atoms with van der Waals surface area (Å²) in [5, 5.41) is 3.30. The zero-order chi connectivity index (χ0) is 14.7. The lowest BCUT2D eigenvalue weighted by molar-refractivity contribution is 0.187. The van der Waals surface area contributed by atoms with Gasteiger partial charge < -0.3 is 10.2 Å². The molecule has 1 N–H and O–H groups in total. The van der Waals surface area contributed by atoms with Crippen molar-refractivity contribution in [2.24, 2.45) is 0 Å². The highest BCUT2D eigenvalue weighted by atomic mass is 15.3. The van der Waals surface area contributed by atoms with Crippen molar-refractivity contribution in [3.8, 4) is 0 Å². The summed E-state index contributed by atoms with van der Waals surface area (Å²) in [4.78, 5) is 5.26. The van der Waals surface area contributed by atoms with Gasteiger partial charge in [-0.25, -0.2) is 0 Å². The maximum absolute atomic E-state index is 3.30. The van der Waals surface area contributed by atoms with E-state index >= 15 is 0 Å². The van der Waals surface area contributed by atoms with Gasteiger partial charge in [-0.15, -0.1) is 0 Å². The highest BCUT2D eigenvalue weighted by Gasteiger charge is 2.26. The summed E-state index contributed by atoms with van der Waals surface area (Å²) < 4.78 is 0. The Bertz CT molecular complexity index is 428. The van der Waals surface area contributed by atoms with E-state index < -0.39 is 0 Å². The number of nitrogens with zero attached hydrogens (tertiary/aromatic N) is 2. The first-order valence-corrected chi connectivity index (χ1v) is 8.54. The van der Waals surface area contributed by atoms with Crippen LogP contribution < -0.4 is 10.2 Å². The predicted octanol–water partition coefficient (Wildman–Crippen LogP) is 3.03. The van der Waals surface area contributed by atoms with Crippen LogP contribution in [0.3, 0.4) is 0 Å². The first kappa shape index (κ1) is 14.9. The lowest BCUT2D eigenvalue weighted by atomic mass is 10.1. The van der Waals surface area contributed by atoms with Crippen molar-refractivity contribution in [1.29, 1.82) is 0 Å². The normalized spacial score (nSPS) is 22.7. The Labute approximate surface area is 129 Å². The minimum Gasteiger partial charge on any atom is -0.369 e. The van der Waals surface area contributed by atoms with E-state index in [0.29, 0.717) is 6.04 Å². The maximum atomic E-state index is 3.30. The Morgan fingerprint density at radius 1 is 1.00 bits per heavy atom. The molecule has 0 aromatic heterocycles. The second kappa shape index (κ2) is 6.80. The van der Waals surface area contributed by atoms with Gasteiger partial charge in [-0.1, -0.05) is 25.0 Å². The molecule has 3 rings (SSSR count). The topological polar surface area (TPSA) is 18.5 Å². The molecule has 1 aromatic rings. The first-order valence-electron chi connectivity index (χ1n) is 8.54. The van der Waals surface area contributed by atoms with Crippen LogP contribution in [-0.2, 0) is 0 Å². The average molecular weight is 287 g/mol. The van der Waals surface area contributed by atoms with Crippen molar-refractivity contribution in [2.75, 3.05) is 38.1 Å². The number of hydrogen-bond acceptors (Lipinski definition) is 3. The second-order valence-electron chi connectivity index (χ2n) is 6.56. The molecule has 1 aromatic carbocycles. The second-order valence-corrected chi connectivity index (χ2v) is 6.56. The molecule has 3 heteroatoms. The molecule has 0 bridgehead atoms. The molecular weight excluding hydrogens is 258 g/mol. The Hall–Kier alpha value is -1.06. The average Bonchev–Trinajstić information content (AvgIpc) is 3.09. The Morgan fingerprint density at radius 2 is 1.62 bits per heavy atom. The van der Waals surface area contributed by atoms with Crippen LogP contribution in [-0.4, -0.2) is 44.2 Å². The number of benzene rings is 1. The van der Waals surface area contributed by atoms with E-state index in [0.717, 1.165) is 6.04 Å². The molecule has 3 nitrogen and oxygen atoms in total. The molecule has 1 aliphatic carbocycles. The molecule has 0 amide bonds. The number of hydrogen-bond donors (Lipinski definition) is 1. The van der Waals surface area contributed by atoms with Gasteiger partial charge in [0.15, 0.2) is 0 Å². The van der Waals surface area contributed by atoms with Crippen molar-refractivity contribution >= 4 is 5.69 Å². The highest BCUT2D eigenvalue weighted by molar-refractivity contribution is 5.48. The van der Waals surface area contributed by atoms with Crippen LogP contribution in [0.15, 0.2) is 24.3 Å². The summed E-state index contributed by atoms with van der Waals surface area (Å²) in [6.45, 7) is 7.03.